The summed E-state index contributed by atoms with van der Waals surface area (Å²) in [6.07, 6.45) is 5.30. The van der Waals surface area contributed by atoms with Crippen molar-refractivity contribution in [3.8, 4) is 0 Å². The zero-order valence-electron chi connectivity index (χ0n) is 7.33. The van der Waals surface area contributed by atoms with Crippen LogP contribution in [0.3, 0.4) is 0 Å². The van der Waals surface area contributed by atoms with E-state index in [1.54, 1.807) is 6.20 Å². The van der Waals surface area contributed by atoms with Gasteiger partial charge in [-0.05, 0) is 25.0 Å². The molecule has 0 aliphatic carbocycles. The van der Waals surface area contributed by atoms with Crippen LogP contribution < -0.4 is 0 Å². The Labute approximate surface area is 76.4 Å². The Hall–Kier alpha value is -1.35. The first kappa shape index (κ1) is 8.26. The lowest BCUT2D eigenvalue weighted by atomic mass is 10.2. The van der Waals surface area contributed by atoms with Crippen molar-refractivity contribution in [1.82, 2.24) is 9.97 Å². The van der Waals surface area contributed by atoms with Crippen LogP contribution in [0.25, 0.3) is 10.9 Å². The van der Waals surface area contributed by atoms with Gasteiger partial charge in [-0.3, -0.25) is 4.98 Å². The molecule has 2 rings (SSSR count). The number of aromatic nitrogens is 2. The topological polar surface area (TPSA) is 48.9 Å². The van der Waals surface area contributed by atoms with Crippen LogP contribution >= 0.6 is 0 Å². The summed E-state index contributed by atoms with van der Waals surface area (Å²) in [5, 5.41) is 9.86. The van der Waals surface area contributed by atoms with Gasteiger partial charge in [0, 0.05) is 23.9 Å². The summed E-state index contributed by atoms with van der Waals surface area (Å²) < 4.78 is 0. The van der Waals surface area contributed by atoms with E-state index in [0.29, 0.717) is 0 Å². The summed E-state index contributed by atoms with van der Waals surface area (Å²) in [6, 6.07) is 4.08. The molecular weight excluding hydrogens is 164 g/mol. The van der Waals surface area contributed by atoms with Gasteiger partial charge < -0.3 is 10.1 Å². The molecule has 3 nitrogen and oxygen atoms in total. The van der Waals surface area contributed by atoms with Crippen LogP contribution in [-0.4, -0.2) is 21.7 Å². The van der Waals surface area contributed by atoms with Crippen molar-refractivity contribution < 1.29 is 5.11 Å². The fraction of sp³-hybridized carbons (Fsp3) is 0.300. The van der Waals surface area contributed by atoms with E-state index in [1.807, 2.05) is 12.3 Å². The van der Waals surface area contributed by atoms with Crippen molar-refractivity contribution in [1.29, 1.82) is 0 Å². The molecule has 0 aromatic carbocycles. The van der Waals surface area contributed by atoms with Gasteiger partial charge in [-0.2, -0.15) is 0 Å². The second-order valence-electron chi connectivity index (χ2n) is 3.08. The van der Waals surface area contributed by atoms with Crippen LogP contribution in [0.15, 0.2) is 24.5 Å². The second kappa shape index (κ2) is 3.58. The van der Waals surface area contributed by atoms with Crippen LogP contribution in [0.2, 0.25) is 0 Å². The first-order valence-corrected chi connectivity index (χ1v) is 4.42. The van der Waals surface area contributed by atoms with E-state index in [9.17, 15) is 0 Å². The number of fused-ring (bicyclic) bond motifs is 1. The van der Waals surface area contributed by atoms with E-state index in [0.717, 1.165) is 24.1 Å². The summed E-state index contributed by atoms with van der Waals surface area (Å²) >= 11 is 0. The first-order valence-electron chi connectivity index (χ1n) is 4.42. The van der Waals surface area contributed by atoms with Crippen LogP contribution in [-0.2, 0) is 6.42 Å². The molecule has 0 bridgehead atoms. The highest BCUT2D eigenvalue weighted by atomic mass is 16.2. The van der Waals surface area contributed by atoms with Crippen molar-refractivity contribution in [3.63, 3.8) is 0 Å². The molecule has 0 spiro atoms. The number of H-pyrrole nitrogens is 1. The van der Waals surface area contributed by atoms with Gasteiger partial charge in [-0.25, -0.2) is 0 Å². The molecule has 0 amide bonds. The maximum atomic E-state index is 8.68. The Kier molecular flexibility index (Phi) is 2.27. The summed E-state index contributed by atoms with van der Waals surface area (Å²) in [5.74, 6) is 0. The van der Waals surface area contributed by atoms with Crippen LogP contribution in [0.1, 0.15) is 12.1 Å². The molecule has 0 saturated heterocycles. The van der Waals surface area contributed by atoms with Crippen molar-refractivity contribution in [2.75, 3.05) is 6.61 Å². The molecule has 0 unspecified atom stereocenters. The molecule has 68 valence electrons. The third kappa shape index (κ3) is 1.70. The van der Waals surface area contributed by atoms with E-state index < -0.39 is 0 Å². The van der Waals surface area contributed by atoms with E-state index in [2.05, 4.69) is 16.0 Å². The molecule has 2 N–H and O–H groups in total. The Bertz CT molecular complexity index is 361. The third-order valence-electron chi connectivity index (χ3n) is 2.08. The molecule has 13 heavy (non-hydrogen) atoms. The molecule has 2 aromatic heterocycles. The monoisotopic (exact) mass is 176 g/mol. The first-order chi connectivity index (χ1) is 6.40. The average molecular weight is 176 g/mol. The molecule has 3 heteroatoms. The quantitative estimate of drug-likeness (QED) is 0.744. The maximum absolute atomic E-state index is 8.68. The summed E-state index contributed by atoms with van der Waals surface area (Å²) in [4.78, 5) is 7.28. The number of nitrogens with zero attached hydrogens (tertiary/aromatic N) is 1. The number of aromatic amines is 1. The van der Waals surface area contributed by atoms with E-state index >= 15 is 0 Å². The molecule has 0 atom stereocenters. The molecule has 0 aliphatic rings. The number of aliphatic hydroxyl groups excluding tert-OH is 1. The highest BCUT2D eigenvalue weighted by molar-refractivity contribution is 5.79. The zero-order chi connectivity index (χ0) is 9.10. The van der Waals surface area contributed by atoms with Gasteiger partial charge >= 0.3 is 0 Å². The molecule has 0 saturated carbocycles. The SMILES string of the molecule is OCCCc1cc2ccncc2[nH]1. The third-order valence-corrected chi connectivity index (χ3v) is 2.08. The van der Waals surface area contributed by atoms with Gasteiger partial charge in [-0.1, -0.05) is 0 Å². The van der Waals surface area contributed by atoms with E-state index in [1.165, 1.54) is 5.39 Å². The number of hydrogen-bond donors (Lipinski definition) is 2. The fourth-order valence-electron chi connectivity index (χ4n) is 1.44. The molecule has 0 fully saturated rings. The lowest BCUT2D eigenvalue weighted by molar-refractivity contribution is 0.288. The van der Waals surface area contributed by atoms with Gasteiger partial charge in [0.1, 0.15) is 0 Å². The van der Waals surface area contributed by atoms with Crippen molar-refractivity contribution in [3.05, 3.63) is 30.2 Å². The Morgan fingerprint density at radius 1 is 1.46 bits per heavy atom. The van der Waals surface area contributed by atoms with Gasteiger partial charge in [-0.15, -0.1) is 0 Å². The summed E-state index contributed by atoms with van der Waals surface area (Å²) in [5.41, 5.74) is 2.23. The zero-order valence-corrected chi connectivity index (χ0v) is 7.33. The lowest BCUT2D eigenvalue weighted by Crippen LogP contribution is -1.88. The standard InChI is InChI=1S/C10H12N2O/c13-5-1-2-9-6-8-3-4-11-7-10(8)12-9/h3-4,6-7,12-13H,1-2,5H2. The van der Waals surface area contributed by atoms with Gasteiger partial charge in [0.15, 0.2) is 0 Å². The van der Waals surface area contributed by atoms with E-state index in [4.69, 9.17) is 5.11 Å². The predicted molar refractivity (Wildman–Crippen MR) is 51.5 cm³/mol. The maximum Gasteiger partial charge on any atom is 0.0642 e. The van der Waals surface area contributed by atoms with Crippen LogP contribution in [0.5, 0.6) is 0 Å². The molecule has 0 radical (unpaired) electrons. The van der Waals surface area contributed by atoms with Crippen LogP contribution in [0, 0.1) is 0 Å². The van der Waals surface area contributed by atoms with Crippen molar-refractivity contribution in [2.24, 2.45) is 0 Å². The number of pyridine rings is 1. The summed E-state index contributed by atoms with van der Waals surface area (Å²) in [6.45, 7) is 0.244. The highest BCUT2D eigenvalue weighted by Gasteiger charge is 1.98. The average Bonchev–Trinajstić information content (AvgIpc) is 2.57. The highest BCUT2D eigenvalue weighted by Crippen LogP contribution is 2.14. The van der Waals surface area contributed by atoms with Crippen molar-refractivity contribution >= 4 is 10.9 Å². The Balaban J connectivity index is 2.28. The van der Waals surface area contributed by atoms with Gasteiger partial charge in [0.25, 0.3) is 0 Å². The Morgan fingerprint density at radius 3 is 3.15 bits per heavy atom. The number of hydrogen-bond acceptors (Lipinski definition) is 2. The normalized spacial score (nSPS) is 10.8. The minimum atomic E-state index is 0.244. The lowest BCUT2D eigenvalue weighted by Gasteiger charge is -1.92. The molecular formula is C10H12N2O. The predicted octanol–water partition coefficient (Wildman–Crippen LogP) is 1.49. The molecule has 2 heterocycles. The second-order valence-corrected chi connectivity index (χ2v) is 3.08. The van der Waals surface area contributed by atoms with E-state index in [-0.39, 0.29) is 6.61 Å². The number of rotatable bonds is 3. The minimum Gasteiger partial charge on any atom is -0.396 e. The molecule has 2 aromatic rings. The Morgan fingerprint density at radius 2 is 2.38 bits per heavy atom. The van der Waals surface area contributed by atoms with Crippen LogP contribution in [0.4, 0.5) is 0 Å². The summed E-state index contributed by atoms with van der Waals surface area (Å²) in [7, 11) is 0. The van der Waals surface area contributed by atoms with Gasteiger partial charge in [0.05, 0.1) is 11.7 Å². The van der Waals surface area contributed by atoms with Gasteiger partial charge in [0.2, 0.25) is 0 Å². The smallest absolute Gasteiger partial charge is 0.0642 e. The largest absolute Gasteiger partial charge is 0.396 e. The molecule has 0 aliphatic heterocycles. The number of nitrogens with one attached hydrogen (secondary N) is 1. The van der Waals surface area contributed by atoms with Crippen molar-refractivity contribution in [2.45, 2.75) is 12.8 Å². The minimum absolute atomic E-state index is 0.244. The number of aryl methyl sites for hydroxylation is 1. The number of aliphatic hydroxyl groups is 1. The fourth-order valence-corrected chi connectivity index (χ4v) is 1.44.